The predicted octanol–water partition coefficient (Wildman–Crippen LogP) is 5.49. The maximum atomic E-state index is 11.3. The lowest BCUT2D eigenvalue weighted by molar-refractivity contribution is -0.461. The molecule has 40 heavy (non-hydrogen) atoms. The van der Waals surface area contributed by atoms with Crippen molar-refractivity contribution < 1.29 is 19.6 Å². The van der Waals surface area contributed by atoms with Gasteiger partial charge in [-0.25, -0.2) is 4.68 Å². The number of hydrogen-bond donors (Lipinski definition) is 2. The fourth-order valence-electron chi connectivity index (χ4n) is 6.71. The van der Waals surface area contributed by atoms with Crippen LogP contribution in [0.1, 0.15) is 67.8 Å². The first-order chi connectivity index (χ1) is 19.1. The van der Waals surface area contributed by atoms with Crippen LogP contribution in [0.4, 0.5) is 5.69 Å². The van der Waals surface area contributed by atoms with E-state index in [9.17, 15) is 15.0 Å². The molecule has 0 radical (unpaired) electrons. The van der Waals surface area contributed by atoms with Crippen LogP contribution in [0.5, 0.6) is 0 Å². The van der Waals surface area contributed by atoms with Crippen molar-refractivity contribution in [1.29, 1.82) is 0 Å². The summed E-state index contributed by atoms with van der Waals surface area (Å²) in [4.78, 5) is 11.3. The topological polar surface area (TPSA) is 96.2 Å². The van der Waals surface area contributed by atoms with Crippen molar-refractivity contribution in [2.24, 2.45) is 18.9 Å². The molecule has 2 aromatic heterocycles. The van der Waals surface area contributed by atoms with Crippen LogP contribution in [-0.4, -0.2) is 59.2 Å². The highest BCUT2D eigenvalue weighted by Gasteiger charge is 2.36. The lowest BCUT2D eigenvalue weighted by Gasteiger charge is -2.29. The van der Waals surface area contributed by atoms with Gasteiger partial charge in [0.2, 0.25) is 5.69 Å². The minimum absolute atomic E-state index is 0.141. The second-order valence-electron chi connectivity index (χ2n) is 12.0. The third kappa shape index (κ3) is 4.44. The second-order valence-corrected chi connectivity index (χ2v) is 12.0. The molecule has 8 nitrogen and oxygen atoms in total. The molecule has 0 saturated heterocycles. The molecular weight excluding hydrogens is 502 g/mol. The van der Waals surface area contributed by atoms with Crippen molar-refractivity contribution in [3.05, 3.63) is 58.9 Å². The van der Waals surface area contributed by atoms with Crippen LogP contribution in [0.15, 0.2) is 36.5 Å². The van der Waals surface area contributed by atoms with Crippen LogP contribution in [0.3, 0.4) is 0 Å². The summed E-state index contributed by atoms with van der Waals surface area (Å²) < 4.78 is 6.06. The van der Waals surface area contributed by atoms with Gasteiger partial charge in [0.25, 0.3) is 0 Å². The summed E-state index contributed by atoms with van der Waals surface area (Å²) in [5.74, 6) is -0.545. The Bertz CT molecular complexity index is 1650. The number of benzene rings is 2. The molecule has 2 aliphatic rings. The first-order valence-electron chi connectivity index (χ1n) is 14.3. The van der Waals surface area contributed by atoms with E-state index in [1.165, 1.54) is 5.56 Å². The fraction of sp³-hybridized carbons (Fsp3) is 0.438. The molecule has 2 N–H and O–H groups in total. The van der Waals surface area contributed by atoms with Crippen molar-refractivity contribution in [3.8, 4) is 16.9 Å². The highest BCUT2D eigenvalue weighted by Crippen LogP contribution is 2.40. The maximum Gasteiger partial charge on any atom is 0.306 e. The molecular formula is C32H38N5O3+. The van der Waals surface area contributed by atoms with E-state index in [2.05, 4.69) is 78.6 Å². The lowest BCUT2D eigenvalue weighted by Crippen LogP contribution is -2.36. The van der Waals surface area contributed by atoms with Gasteiger partial charge in [-0.15, -0.1) is 0 Å². The van der Waals surface area contributed by atoms with Crippen molar-refractivity contribution >= 4 is 28.8 Å². The maximum absolute atomic E-state index is 11.3. The smallest absolute Gasteiger partial charge is 0.306 e. The quantitative estimate of drug-likeness (QED) is 0.302. The number of nitrogens with zero attached hydrogens (tertiary/aromatic N) is 5. The summed E-state index contributed by atoms with van der Waals surface area (Å²) >= 11 is 0. The lowest BCUT2D eigenvalue weighted by atomic mass is 9.79. The van der Waals surface area contributed by atoms with Gasteiger partial charge in [0, 0.05) is 41.5 Å². The molecule has 1 aliphatic heterocycles. The van der Waals surface area contributed by atoms with Gasteiger partial charge in [-0.05, 0) is 69.1 Å². The standard InChI is InChI=1S/C32H37N5O3/c1-18(2)30-20(4)37(28-14-23-15-35(5)33-26(23)13-19(28)3)34-31(30)24-7-6-8-27-25(24)16-36(27)17-29(38)21-9-11-22(12-10-21)32(39)40/h6-8,13-16,18,21-22,29,38H,9-12,17H2,1-5H3/p+1. The summed E-state index contributed by atoms with van der Waals surface area (Å²) in [5, 5.41) is 31.2. The van der Waals surface area contributed by atoms with E-state index in [1.807, 2.05) is 17.9 Å². The minimum atomic E-state index is -0.711. The number of aryl methyl sites for hydroxylation is 2. The summed E-state index contributed by atoms with van der Waals surface area (Å²) in [6.45, 7) is 9.22. The van der Waals surface area contributed by atoms with Crippen LogP contribution in [0.25, 0.3) is 27.8 Å². The predicted molar refractivity (Wildman–Crippen MR) is 156 cm³/mol. The average Bonchev–Trinajstić information content (AvgIpc) is 3.44. The van der Waals surface area contributed by atoms with Crippen LogP contribution in [0.2, 0.25) is 0 Å². The molecule has 4 aromatic rings. The molecule has 1 saturated carbocycles. The molecule has 8 heteroatoms. The Morgan fingerprint density at radius 1 is 1.12 bits per heavy atom. The zero-order valence-electron chi connectivity index (χ0n) is 23.9. The molecule has 1 atom stereocenters. The molecule has 208 valence electrons. The molecule has 2 aromatic carbocycles. The fourth-order valence-corrected chi connectivity index (χ4v) is 6.71. The third-order valence-corrected chi connectivity index (χ3v) is 8.89. The van der Waals surface area contributed by atoms with Crippen LogP contribution in [-0.2, 0) is 11.8 Å². The van der Waals surface area contributed by atoms with E-state index in [-0.39, 0.29) is 11.8 Å². The van der Waals surface area contributed by atoms with E-state index in [1.54, 1.807) is 0 Å². The van der Waals surface area contributed by atoms with E-state index >= 15 is 0 Å². The normalized spacial score (nSPS) is 19.4. The second kappa shape index (κ2) is 10.0. The number of carboxylic acids is 1. The molecule has 3 heterocycles. The SMILES string of the molecule is Cc1cc2nn(C)cc2cc1-n1nc(-c2cccc3c2C=[N+]3CC(O)C2CCC(C(=O)O)CC2)c(C(C)C)c1C. The van der Waals surface area contributed by atoms with Gasteiger partial charge < -0.3 is 10.2 Å². The number of aliphatic hydroxyl groups excluding tert-OH is 1. The van der Waals surface area contributed by atoms with Crippen molar-refractivity contribution in [3.63, 3.8) is 0 Å². The first kappa shape index (κ1) is 26.4. The summed E-state index contributed by atoms with van der Waals surface area (Å²) in [5.41, 5.74) is 9.90. The summed E-state index contributed by atoms with van der Waals surface area (Å²) in [7, 11) is 1.94. The number of carboxylic acid groups (broad SMARTS) is 1. The van der Waals surface area contributed by atoms with Gasteiger partial charge in [0.15, 0.2) is 12.8 Å². The van der Waals surface area contributed by atoms with Crippen LogP contribution >= 0.6 is 0 Å². The molecule has 1 fully saturated rings. The van der Waals surface area contributed by atoms with Gasteiger partial charge in [0.05, 0.1) is 22.8 Å². The number of hydrogen-bond acceptors (Lipinski definition) is 4. The van der Waals surface area contributed by atoms with E-state index < -0.39 is 12.1 Å². The Hall–Kier alpha value is -3.78. The Morgan fingerprint density at radius 2 is 1.88 bits per heavy atom. The van der Waals surface area contributed by atoms with Crippen LogP contribution in [0, 0.1) is 25.7 Å². The van der Waals surface area contributed by atoms with Gasteiger partial charge in [-0.1, -0.05) is 26.0 Å². The number of aromatic nitrogens is 4. The van der Waals surface area contributed by atoms with E-state index in [0.717, 1.165) is 63.2 Å². The minimum Gasteiger partial charge on any atom is -0.481 e. The number of fused-ring (bicyclic) bond motifs is 2. The molecule has 0 bridgehead atoms. The van der Waals surface area contributed by atoms with E-state index in [4.69, 9.17) is 5.10 Å². The van der Waals surface area contributed by atoms with Crippen molar-refractivity contribution in [2.45, 2.75) is 65.4 Å². The number of carbonyl (C=O) groups is 1. The highest BCUT2D eigenvalue weighted by atomic mass is 16.4. The van der Waals surface area contributed by atoms with Gasteiger partial charge >= 0.3 is 5.97 Å². The van der Waals surface area contributed by atoms with Gasteiger partial charge in [-0.3, -0.25) is 9.48 Å². The average molecular weight is 541 g/mol. The molecule has 1 unspecified atom stereocenters. The van der Waals surface area contributed by atoms with Crippen molar-refractivity contribution in [1.82, 2.24) is 19.6 Å². The number of aliphatic carboxylic acids is 1. The Kier molecular flexibility index (Phi) is 6.61. The first-order valence-corrected chi connectivity index (χ1v) is 14.3. The Balaban J connectivity index is 1.31. The Labute approximate surface area is 234 Å². The van der Waals surface area contributed by atoms with Gasteiger partial charge in [0.1, 0.15) is 11.7 Å². The molecule has 0 spiro atoms. The zero-order valence-corrected chi connectivity index (χ0v) is 23.9. The highest BCUT2D eigenvalue weighted by molar-refractivity contribution is 5.97. The molecule has 1 aliphatic carbocycles. The third-order valence-electron chi connectivity index (χ3n) is 8.89. The van der Waals surface area contributed by atoms with Crippen LogP contribution < -0.4 is 0 Å². The Morgan fingerprint density at radius 3 is 2.58 bits per heavy atom. The zero-order chi connectivity index (χ0) is 28.3. The molecule has 0 amide bonds. The number of rotatable bonds is 7. The van der Waals surface area contributed by atoms with Gasteiger partial charge in [-0.2, -0.15) is 14.8 Å². The number of β-amino-alcohol motifs (C(OH)–C–C–N with tert-alkyl or cyclic N) is 1. The van der Waals surface area contributed by atoms with Crippen molar-refractivity contribution in [2.75, 3.05) is 6.54 Å². The summed E-state index contributed by atoms with van der Waals surface area (Å²) in [6, 6.07) is 10.6. The summed E-state index contributed by atoms with van der Waals surface area (Å²) in [6.07, 6.45) is 6.50. The largest absolute Gasteiger partial charge is 0.481 e. The monoisotopic (exact) mass is 540 g/mol. The molecule has 6 rings (SSSR count). The van der Waals surface area contributed by atoms with E-state index in [0.29, 0.717) is 25.3 Å². The number of aliphatic hydroxyl groups is 1.